The summed E-state index contributed by atoms with van der Waals surface area (Å²) in [5.74, 6) is 1.77. The Bertz CT molecular complexity index is 441. The molecule has 0 bridgehead atoms. The molecule has 1 aromatic heterocycles. The molecule has 1 heterocycles. The van der Waals surface area contributed by atoms with E-state index in [1.54, 1.807) is 0 Å². The summed E-state index contributed by atoms with van der Waals surface area (Å²) in [6, 6.07) is 1.97. The van der Waals surface area contributed by atoms with Crippen molar-refractivity contribution >= 4 is 23.0 Å². The predicted molar refractivity (Wildman–Crippen MR) is 80.1 cm³/mol. The van der Waals surface area contributed by atoms with E-state index in [1.165, 1.54) is 19.3 Å². The number of rotatable bonds is 5. The Morgan fingerprint density at radius 1 is 1.56 bits per heavy atom. The van der Waals surface area contributed by atoms with Crippen LogP contribution in [0.3, 0.4) is 0 Å². The fourth-order valence-electron chi connectivity index (χ4n) is 2.44. The highest BCUT2D eigenvalue weighted by Gasteiger charge is 2.23. The third-order valence-electron chi connectivity index (χ3n) is 3.77. The molecular formula is C14H21N3S. The Morgan fingerprint density at radius 2 is 2.28 bits per heavy atom. The van der Waals surface area contributed by atoms with E-state index in [0.717, 1.165) is 36.0 Å². The van der Waals surface area contributed by atoms with E-state index in [2.05, 4.69) is 16.8 Å². The number of hydrogen-bond donors (Lipinski definition) is 1. The number of nitrogens with zero attached hydrogens (tertiary/aromatic N) is 2. The van der Waals surface area contributed by atoms with Crippen molar-refractivity contribution < 1.29 is 0 Å². The summed E-state index contributed by atoms with van der Waals surface area (Å²) in [6.07, 6.45) is 5.89. The molecular weight excluding hydrogens is 242 g/mol. The van der Waals surface area contributed by atoms with Crippen LogP contribution in [0.2, 0.25) is 0 Å². The molecule has 4 heteroatoms. The van der Waals surface area contributed by atoms with E-state index in [4.69, 9.17) is 18.0 Å². The molecule has 2 rings (SSSR count). The molecule has 2 N–H and O–H groups in total. The number of nitrogens with two attached hydrogens (primary N) is 1. The Balaban J connectivity index is 2.28. The second-order valence-corrected chi connectivity index (χ2v) is 5.47. The topological polar surface area (TPSA) is 42.2 Å². The molecule has 0 amide bonds. The third kappa shape index (κ3) is 2.64. The molecule has 1 fully saturated rings. The molecule has 1 aliphatic carbocycles. The van der Waals surface area contributed by atoms with Gasteiger partial charge in [-0.25, -0.2) is 4.98 Å². The zero-order valence-corrected chi connectivity index (χ0v) is 12.0. The van der Waals surface area contributed by atoms with Crippen LogP contribution >= 0.6 is 12.2 Å². The molecule has 0 saturated heterocycles. The average molecular weight is 263 g/mol. The minimum Gasteiger partial charge on any atom is -0.389 e. The van der Waals surface area contributed by atoms with Crippen LogP contribution in [-0.2, 0) is 0 Å². The Labute approximate surface area is 114 Å². The molecule has 0 radical (unpaired) electrons. The van der Waals surface area contributed by atoms with Gasteiger partial charge in [0, 0.05) is 19.3 Å². The maximum atomic E-state index is 5.85. The first-order valence-electron chi connectivity index (χ1n) is 6.63. The van der Waals surface area contributed by atoms with E-state index in [9.17, 15) is 0 Å². The van der Waals surface area contributed by atoms with Crippen molar-refractivity contribution in [2.24, 2.45) is 11.7 Å². The normalized spacial score (nSPS) is 15.2. The number of thiocarbonyl (C=S) groups is 1. The van der Waals surface area contributed by atoms with Gasteiger partial charge in [0.1, 0.15) is 10.8 Å². The van der Waals surface area contributed by atoms with Gasteiger partial charge in [-0.3, -0.25) is 0 Å². The van der Waals surface area contributed by atoms with Crippen LogP contribution in [0.5, 0.6) is 0 Å². The lowest BCUT2D eigenvalue weighted by atomic mass is 9.85. The van der Waals surface area contributed by atoms with Crippen molar-refractivity contribution in [2.45, 2.75) is 33.1 Å². The molecule has 0 aromatic carbocycles. The Morgan fingerprint density at radius 3 is 2.78 bits per heavy atom. The summed E-state index contributed by atoms with van der Waals surface area (Å²) in [5.41, 5.74) is 7.90. The molecule has 18 heavy (non-hydrogen) atoms. The SMILES string of the molecule is CCN(CC1CCC1)c1nccc(C)c1C(N)=S. The maximum absolute atomic E-state index is 5.85. The summed E-state index contributed by atoms with van der Waals surface area (Å²) >= 11 is 5.17. The van der Waals surface area contributed by atoms with Crippen molar-refractivity contribution in [1.82, 2.24) is 4.98 Å². The fourth-order valence-corrected chi connectivity index (χ4v) is 2.69. The van der Waals surface area contributed by atoms with Crippen LogP contribution in [0, 0.1) is 12.8 Å². The van der Waals surface area contributed by atoms with Gasteiger partial charge in [0.2, 0.25) is 0 Å². The van der Waals surface area contributed by atoms with E-state index in [1.807, 2.05) is 19.2 Å². The zero-order chi connectivity index (χ0) is 13.1. The van der Waals surface area contributed by atoms with Crippen LogP contribution < -0.4 is 10.6 Å². The number of aryl methyl sites for hydroxylation is 1. The largest absolute Gasteiger partial charge is 0.389 e. The first kappa shape index (κ1) is 13.3. The van der Waals surface area contributed by atoms with E-state index < -0.39 is 0 Å². The predicted octanol–water partition coefficient (Wildman–Crippen LogP) is 2.65. The second kappa shape index (κ2) is 5.65. The van der Waals surface area contributed by atoms with Crippen molar-refractivity contribution in [3.05, 3.63) is 23.4 Å². The van der Waals surface area contributed by atoms with Crippen molar-refractivity contribution in [1.29, 1.82) is 0 Å². The summed E-state index contributed by atoms with van der Waals surface area (Å²) in [7, 11) is 0. The van der Waals surface area contributed by atoms with Gasteiger partial charge >= 0.3 is 0 Å². The lowest BCUT2D eigenvalue weighted by Crippen LogP contribution is -2.34. The van der Waals surface area contributed by atoms with Crippen molar-refractivity contribution in [2.75, 3.05) is 18.0 Å². The quantitative estimate of drug-likeness (QED) is 0.829. The van der Waals surface area contributed by atoms with Crippen LogP contribution in [0.15, 0.2) is 12.3 Å². The molecule has 0 atom stereocenters. The fraction of sp³-hybridized carbons (Fsp3) is 0.571. The standard InChI is InChI=1S/C14H21N3S/c1-3-17(9-11-5-4-6-11)14-12(13(15)18)10(2)7-8-16-14/h7-8,11H,3-6,9H2,1-2H3,(H2,15,18). The number of aromatic nitrogens is 1. The van der Waals surface area contributed by atoms with Crippen molar-refractivity contribution in [3.8, 4) is 0 Å². The number of pyridine rings is 1. The second-order valence-electron chi connectivity index (χ2n) is 5.03. The van der Waals surface area contributed by atoms with Gasteiger partial charge in [0.05, 0.1) is 5.56 Å². The molecule has 1 aromatic rings. The van der Waals surface area contributed by atoms with Crippen LogP contribution in [0.25, 0.3) is 0 Å². The number of anilines is 1. The van der Waals surface area contributed by atoms with Crippen LogP contribution in [-0.4, -0.2) is 23.1 Å². The lowest BCUT2D eigenvalue weighted by Gasteiger charge is -2.33. The van der Waals surface area contributed by atoms with Crippen molar-refractivity contribution in [3.63, 3.8) is 0 Å². The number of hydrogen-bond acceptors (Lipinski definition) is 3. The lowest BCUT2D eigenvalue weighted by molar-refractivity contribution is 0.318. The zero-order valence-electron chi connectivity index (χ0n) is 11.1. The highest BCUT2D eigenvalue weighted by atomic mass is 32.1. The highest BCUT2D eigenvalue weighted by Crippen LogP contribution is 2.29. The first-order chi connectivity index (χ1) is 8.63. The Hall–Kier alpha value is -1.16. The smallest absolute Gasteiger partial charge is 0.139 e. The van der Waals surface area contributed by atoms with Crippen LogP contribution in [0.4, 0.5) is 5.82 Å². The molecule has 98 valence electrons. The van der Waals surface area contributed by atoms with Gasteiger partial charge < -0.3 is 10.6 Å². The Kier molecular flexibility index (Phi) is 4.17. The summed E-state index contributed by atoms with van der Waals surface area (Å²) in [5, 5.41) is 0. The molecule has 1 aliphatic rings. The minimum absolute atomic E-state index is 0.447. The molecule has 1 saturated carbocycles. The van der Waals surface area contributed by atoms with Gasteiger partial charge in [-0.1, -0.05) is 18.6 Å². The monoisotopic (exact) mass is 263 g/mol. The average Bonchev–Trinajstić information content (AvgIpc) is 2.27. The van der Waals surface area contributed by atoms with E-state index in [-0.39, 0.29) is 0 Å². The van der Waals surface area contributed by atoms with Crippen LogP contribution in [0.1, 0.15) is 37.3 Å². The van der Waals surface area contributed by atoms with Gasteiger partial charge in [-0.05, 0) is 44.2 Å². The highest BCUT2D eigenvalue weighted by molar-refractivity contribution is 7.80. The van der Waals surface area contributed by atoms with E-state index in [0.29, 0.717) is 4.99 Å². The molecule has 3 nitrogen and oxygen atoms in total. The molecule has 0 aliphatic heterocycles. The van der Waals surface area contributed by atoms with E-state index >= 15 is 0 Å². The third-order valence-corrected chi connectivity index (χ3v) is 3.97. The van der Waals surface area contributed by atoms with Gasteiger partial charge in [-0.2, -0.15) is 0 Å². The van der Waals surface area contributed by atoms with Gasteiger partial charge in [0.15, 0.2) is 0 Å². The minimum atomic E-state index is 0.447. The molecule has 0 spiro atoms. The maximum Gasteiger partial charge on any atom is 0.139 e. The summed E-state index contributed by atoms with van der Waals surface area (Å²) in [4.78, 5) is 7.26. The summed E-state index contributed by atoms with van der Waals surface area (Å²) in [6.45, 7) is 6.22. The van der Waals surface area contributed by atoms with Gasteiger partial charge in [-0.15, -0.1) is 0 Å². The molecule has 0 unspecified atom stereocenters. The summed E-state index contributed by atoms with van der Waals surface area (Å²) < 4.78 is 0. The first-order valence-corrected chi connectivity index (χ1v) is 7.04. The van der Waals surface area contributed by atoms with Gasteiger partial charge in [0.25, 0.3) is 0 Å².